The Balaban J connectivity index is 2.59. The minimum absolute atomic E-state index is 0.0000507. The van der Waals surface area contributed by atoms with Gasteiger partial charge in [0.05, 0.1) is 5.69 Å². The lowest BCUT2D eigenvalue weighted by atomic mass is 9.90. The average molecular weight is 273 g/mol. The van der Waals surface area contributed by atoms with E-state index >= 15 is 0 Å². The number of amides is 1. The van der Waals surface area contributed by atoms with E-state index in [-0.39, 0.29) is 11.8 Å². The molecule has 17 heavy (non-hydrogen) atoms. The van der Waals surface area contributed by atoms with Gasteiger partial charge in [0.25, 0.3) is 0 Å². The standard InChI is InChI=1S/C12H14Cl2N2O/c1-7(17)16-3-2-8(6-15)12-10(14)4-9(13)5-11(12)16/h4-5,8H,2-3,6,15H2,1H3. The molecule has 0 bridgehead atoms. The number of anilines is 1. The maximum Gasteiger partial charge on any atom is 0.223 e. The molecule has 0 radical (unpaired) electrons. The van der Waals surface area contributed by atoms with Gasteiger partial charge in [-0.25, -0.2) is 0 Å². The predicted molar refractivity (Wildman–Crippen MR) is 70.9 cm³/mol. The molecular formula is C12H14Cl2N2O. The Morgan fingerprint density at radius 1 is 1.53 bits per heavy atom. The molecule has 1 aromatic rings. The molecule has 92 valence electrons. The average Bonchev–Trinajstić information content (AvgIpc) is 2.26. The van der Waals surface area contributed by atoms with Crippen LogP contribution >= 0.6 is 23.2 Å². The molecule has 2 N–H and O–H groups in total. The van der Waals surface area contributed by atoms with Crippen molar-refractivity contribution in [2.45, 2.75) is 19.3 Å². The van der Waals surface area contributed by atoms with Crippen LogP contribution in [-0.4, -0.2) is 19.0 Å². The summed E-state index contributed by atoms with van der Waals surface area (Å²) in [7, 11) is 0. The number of hydrogen-bond donors (Lipinski definition) is 1. The van der Waals surface area contributed by atoms with Crippen molar-refractivity contribution in [3.8, 4) is 0 Å². The molecule has 0 saturated heterocycles. The van der Waals surface area contributed by atoms with Crippen LogP contribution in [-0.2, 0) is 4.79 Å². The first-order valence-corrected chi connectivity index (χ1v) is 6.27. The van der Waals surface area contributed by atoms with Gasteiger partial charge < -0.3 is 10.6 Å². The van der Waals surface area contributed by atoms with E-state index in [9.17, 15) is 4.79 Å². The second-order valence-electron chi connectivity index (χ2n) is 4.21. The Bertz CT molecular complexity index is 462. The summed E-state index contributed by atoms with van der Waals surface area (Å²) >= 11 is 12.2. The van der Waals surface area contributed by atoms with Crippen molar-refractivity contribution in [3.05, 3.63) is 27.7 Å². The van der Waals surface area contributed by atoms with Gasteiger partial charge in [-0.2, -0.15) is 0 Å². The summed E-state index contributed by atoms with van der Waals surface area (Å²) in [6, 6.07) is 3.49. The highest BCUT2D eigenvalue weighted by Crippen LogP contribution is 2.41. The lowest BCUT2D eigenvalue weighted by Crippen LogP contribution is -2.36. The molecule has 0 spiro atoms. The zero-order valence-electron chi connectivity index (χ0n) is 9.54. The maximum absolute atomic E-state index is 11.6. The van der Waals surface area contributed by atoms with E-state index in [2.05, 4.69) is 0 Å². The SMILES string of the molecule is CC(=O)N1CCC(CN)c2c(Cl)cc(Cl)cc21. The van der Waals surface area contributed by atoms with Crippen molar-refractivity contribution in [2.24, 2.45) is 5.73 Å². The summed E-state index contributed by atoms with van der Waals surface area (Å²) in [6.45, 7) is 2.74. The van der Waals surface area contributed by atoms with Crippen molar-refractivity contribution in [2.75, 3.05) is 18.0 Å². The number of nitrogens with two attached hydrogens (primary N) is 1. The number of carbonyl (C=O) groups is 1. The minimum Gasteiger partial charge on any atom is -0.330 e. The Morgan fingerprint density at radius 2 is 2.24 bits per heavy atom. The van der Waals surface area contributed by atoms with Crippen LogP contribution in [0.5, 0.6) is 0 Å². The molecule has 3 nitrogen and oxygen atoms in total. The molecule has 1 heterocycles. The fraction of sp³-hybridized carbons (Fsp3) is 0.417. The molecule has 1 aliphatic heterocycles. The molecular weight excluding hydrogens is 259 g/mol. The van der Waals surface area contributed by atoms with E-state index in [4.69, 9.17) is 28.9 Å². The summed E-state index contributed by atoms with van der Waals surface area (Å²) in [5.74, 6) is 0.199. The van der Waals surface area contributed by atoms with E-state index in [1.807, 2.05) is 0 Å². The fourth-order valence-corrected chi connectivity index (χ4v) is 2.95. The van der Waals surface area contributed by atoms with Crippen molar-refractivity contribution in [1.82, 2.24) is 0 Å². The van der Waals surface area contributed by atoms with Gasteiger partial charge in [-0.3, -0.25) is 4.79 Å². The lowest BCUT2D eigenvalue weighted by molar-refractivity contribution is -0.116. The summed E-state index contributed by atoms with van der Waals surface area (Å²) in [4.78, 5) is 13.3. The van der Waals surface area contributed by atoms with E-state index in [1.165, 1.54) is 0 Å². The van der Waals surface area contributed by atoms with Crippen molar-refractivity contribution >= 4 is 34.8 Å². The van der Waals surface area contributed by atoms with E-state index in [1.54, 1.807) is 24.0 Å². The van der Waals surface area contributed by atoms with Gasteiger partial charge in [0.2, 0.25) is 5.91 Å². The Hall–Kier alpha value is -0.770. The second-order valence-corrected chi connectivity index (χ2v) is 5.06. The van der Waals surface area contributed by atoms with Crippen LogP contribution in [0, 0.1) is 0 Å². The zero-order valence-corrected chi connectivity index (χ0v) is 11.1. The molecule has 0 aromatic heterocycles. The summed E-state index contributed by atoms with van der Waals surface area (Å²) in [6.07, 6.45) is 0.838. The molecule has 0 fully saturated rings. The lowest BCUT2D eigenvalue weighted by Gasteiger charge is -2.34. The predicted octanol–water partition coefficient (Wildman–Crippen LogP) is 2.79. The summed E-state index contributed by atoms with van der Waals surface area (Å²) < 4.78 is 0. The largest absolute Gasteiger partial charge is 0.330 e. The summed E-state index contributed by atoms with van der Waals surface area (Å²) in [5, 5.41) is 1.13. The van der Waals surface area contributed by atoms with Crippen LogP contribution in [0.4, 0.5) is 5.69 Å². The number of fused-ring (bicyclic) bond motifs is 1. The van der Waals surface area contributed by atoms with Crippen LogP contribution in [0.15, 0.2) is 12.1 Å². The third-order valence-electron chi connectivity index (χ3n) is 3.14. The summed E-state index contributed by atoms with van der Waals surface area (Å²) in [5.41, 5.74) is 7.50. The van der Waals surface area contributed by atoms with Crippen molar-refractivity contribution in [3.63, 3.8) is 0 Å². The highest BCUT2D eigenvalue weighted by Gasteiger charge is 2.28. The highest BCUT2D eigenvalue weighted by molar-refractivity contribution is 6.36. The van der Waals surface area contributed by atoms with Gasteiger partial charge in [-0.05, 0) is 30.7 Å². The Kier molecular flexibility index (Phi) is 3.61. The molecule has 1 unspecified atom stereocenters. The number of nitrogens with zero attached hydrogens (tertiary/aromatic N) is 1. The number of halogens is 2. The minimum atomic E-state index is 0.0000507. The van der Waals surface area contributed by atoms with E-state index in [0.717, 1.165) is 17.7 Å². The van der Waals surface area contributed by atoms with Crippen LogP contribution in [0.2, 0.25) is 10.0 Å². The Morgan fingerprint density at radius 3 is 2.82 bits per heavy atom. The first-order chi connectivity index (χ1) is 8.04. The van der Waals surface area contributed by atoms with E-state index < -0.39 is 0 Å². The normalized spacial score (nSPS) is 19.1. The monoisotopic (exact) mass is 272 g/mol. The van der Waals surface area contributed by atoms with Crippen LogP contribution in [0.1, 0.15) is 24.8 Å². The second kappa shape index (κ2) is 4.84. The number of hydrogen-bond acceptors (Lipinski definition) is 2. The molecule has 5 heteroatoms. The van der Waals surface area contributed by atoms with Crippen LogP contribution in [0.25, 0.3) is 0 Å². The first kappa shape index (κ1) is 12.7. The molecule has 0 aliphatic carbocycles. The van der Waals surface area contributed by atoms with Gasteiger partial charge in [0, 0.05) is 29.4 Å². The van der Waals surface area contributed by atoms with E-state index in [0.29, 0.717) is 23.1 Å². The highest BCUT2D eigenvalue weighted by atomic mass is 35.5. The topological polar surface area (TPSA) is 46.3 Å². The number of rotatable bonds is 1. The van der Waals surface area contributed by atoms with Gasteiger partial charge >= 0.3 is 0 Å². The van der Waals surface area contributed by atoms with Crippen molar-refractivity contribution in [1.29, 1.82) is 0 Å². The van der Waals surface area contributed by atoms with Crippen LogP contribution in [0.3, 0.4) is 0 Å². The quantitative estimate of drug-likeness (QED) is 0.855. The smallest absolute Gasteiger partial charge is 0.223 e. The third kappa shape index (κ3) is 2.28. The molecule has 2 rings (SSSR count). The molecule has 1 aromatic carbocycles. The first-order valence-electron chi connectivity index (χ1n) is 5.51. The van der Waals surface area contributed by atoms with Crippen LogP contribution < -0.4 is 10.6 Å². The van der Waals surface area contributed by atoms with Crippen molar-refractivity contribution < 1.29 is 4.79 Å². The molecule has 1 aliphatic rings. The van der Waals surface area contributed by atoms with Gasteiger partial charge in [0.1, 0.15) is 0 Å². The van der Waals surface area contributed by atoms with Gasteiger partial charge in [0.15, 0.2) is 0 Å². The molecule has 1 atom stereocenters. The van der Waals surface area contributed by atoms with Gasteiger partial charge in [-0.1, -0.05) is 23.2 Å². The number of benzene rings is 1. The van der Waals surface area contributed by atoms with Gasteiger partial charge in [-0.15, -0.1) is 0 Å². The fourth-order valence-electron chi connectivity index (χ4n) is 2.31. The zero-order chi connectivity index (χ0) is 12.6. The Labute approximate surface area is 110 Å². The third-order valence-corrected chi connectivity index (χ3v) is 3.67. The number of carbonyl (C=O) groups excluding carboxylic acids is 1. The maximum atomic E-state index is 11.6. The molecule has 0 saturated carbocycles. The molecule has 1 amide bonds.